The lowest BCUT2D eigenvalue weighted by Crippen LogP contribution is -2.52. The summed E-state index contributed by atoms with van der Waals surface area (Å²) in [6, 6.07) is 42.3. The van der Waals surface area contributed by atoms with E-state index in [1.54, 1.807) is 26.4 Å². The molecule has 6 aromatic carbocycles. The zero-order chi connectivity index (χ0) is 66.3. The molecule has 0 aromatic heterocycles. The van der Waals surface area contributed by atoms with Crippen molar-refractivity contribution < 1.29 is 60.5 Å². The molecule has 0 spiro atoms. The van der Waals surface area contributed by atoms with E-state index in [2.05, 4.69) is 148 Å². The molecule has 0 amide bonds. The van der Waals surface area contributed by atoms with Gasteiger partial charge in [0.05, 0.1) is 21.3 Å². The molecule has 0 aliphatic heterocycles. The third-order valence-corrected chi connectivity index (χ3v) is 31.5. The molecule has 0 saturated heterocycles. The summed E-state index contributed by atoms with van der Waals surface area (Å²) in [7, 11) is -2.35. The van der Waals surface area contributed by atoms with E-state index in [1.165, 1.54) is 18.2 Å². The number of carbonyl (C=O) groups is 3. The first-order valence-electron chi connectivity index (χ1n) is 32.5. The standard InChI is InChI=1S/C75H100O13Si3/c1-51-45-60(31-35-62(51)82-69(76)81-12)75(41-39-73(8,9)55(5)50-75)61-32-37-64(53(3)46-61)84-71(78)86-66-34-29-57(48-68(66)80-11)25-23-43-90(15,16)88-91(17,18)87-89(13,14)42-22-24-56-28-33-65(67(47-56)79-10)85-70(77)83-63-36-30-59(44-52(63)2)74(58-26-20-19-21-27-58)40-38-72(6,7)54(4)49-74/h19-21,26-37,44-48,54-55H,22-25,38-43,49-50H2,1-18H3. The van der Waals surface area contributed by atoms with Crippen LogP contribution in [-0.4, -0.2) is 65.0 Å². The number of benzene rings is 6. The Morgan fingerprint density at radius 2 is 0.780 bits per heavy atom. The van der Waals surface area contributed by atoms with Gasteiger partial charge in [0.15, 0.2) is 39.6 Å². The lowest BCUT2D eigenvalue weighted by molar-refractivity contribution is 0.107. The van der Waals surface area contributed by atoms with E-state index >= 15 is 0 Å². The maximum atomic E-state index is 13.4. The van der Waals surface area contributed by atoms with E-state index in [9.17, 15) is 14.4 Å². The van der Waals surface area contributed by atoms with Crippen LogP contribution in [-0.2, 0) is 36.6 Å². The van der Waals surface area contributed by atoms with Gasteiger partial charge in [-0.15, -0.1) is 0 Å². The fraction of sp³-hybridized carbons (Fsp3) is 0.480. The predicted molar refractivity (Wildman–Crippen MR) is 368 cm³/mol. The van der Waals surface area contributed by atoms with Crippen molar-refractivity contribution in [3.05, 3.63) is 171 Å². The van der Waals surface area contributed by atoms with Crippen molar-refractivity contribution in [2.75, 3.05) is 21.3 Å². The smallest absolute Gasteiger partial charge is 0.493 e. The quantitative estimate of drug-likeness (QED) is 0.0341. The first kappa shape index (κ1) is 70.2. The van der Waals surface area contributed by atoms with Crippen LogP contribution in [0.5, 0.6) is 40.2 Å². The molecular formula is C75H100O13Si3. The Balaban J connectivity index is 0.795. The molecule has 4 unspecified atom stereocenters. The van der Waals surface area contributed by atoms with E-state index in [1.807, 2.05) is 63.2 Å². The molecule has 13 nitrogen and oxygen atoms in total. The van der Waals surface area contributed by atoms with Crippen molar-refractivity contribution in [1.82, 2.24) is 0 Å². The van der Waals surface area contributed by atoms with Gasteiger partial charge < -0.3 is 46.1 Å². The molecule has 0 radical (unpaired) electrons. The number of ether oxygens (including phenoxy) is 8. The second-order valence-corrected chi connectivity index (χ2v) is 41.4. The minimum absolute atomic E-state index is 0.120. The molecule has 490 valence electrons. The van der Waals surface area contributed by atoms with Gasteiger partial charge >= 0.3 is 27.0 Å². The van der Waals surface area contributed by atoms with Crippen LogP contribution in [0.2, 0.25) is 51.4 Å². The average molecular weight is 1290 g/mol. The molecule has 2 fully saturated rings. The second kappa shape index (κ2) is 28.7. The van der Waals surface area contributed by atoms with Gasteiger partial charge in [0.25, 0.3) is 0 Å². The first-order valence-corrected chi connectivity index (χ1v) is 41.5. The van der Waals surface area contributed by atoms with Crippen molar-refractivity contribution in [2.24, 2.45) is 22.7 Å². The Hall–Kier alpha value is -6.70. The topological polar surface area (TPSA) is 144 Å². The van der Waals surface area contributed by atoms with Crippen molar-refractivity contribution in [2.45, 2.75) is 189 Å². The summed E-state index contributed by atoms with van der Waals surface area (Å²) < 4.78 is 58.9. The maximum absolute atomic E-state index is 13.4. The molecule has 2 saturated carbocycles. The lowest BCUT2D eigenvalue weighted by Gasteiger charge is -2.49. The molecule has 0 heterocycles. The summed E-state index contributed by atoms with van der Waals surface area (Å²) in [5.41, 5.74) is 9.51. The monoisotopic (exact) mass is 1290 g/mol. The fourth-order valence-corrected chi connectivity index (χ4v) is 28.1. The van der Waals surface area contributed by atoms with Crippen LogP contribution in [0.1, 0.15) is 143 Å². The minimum atomic E-state index is -2.51. The Kier molecular flexibility index (Phi) is 22.1. The molecule has 8 rings (SSSR count). The normalized spacial score (nSPS) is 19.8. The Labute approximate surface area is 545 Å². The molecule has 2 aliphatic rings. The Bertz CT molecular complexity index is 3540. The molecule has 0 bridgehead atoms. The van der Waals surface area contributed by atoms with Crippen LogP contribution in [0.15, 0.2) is 121 Å². The van der Waals surface area contributed by atoms with E-state index < -0.39 is 43.7 Å². The first-order chi connectivity index (χ1) is 42.8. The molecule has 4 atom stereocenters. The largest absolute Gasteiger partial charge is 0.519 e. The van der Waals surface area contributed by atoms with Crippen molar-refractivity contribution in [3.8, 4) is 40.2 Å². The van der Waals surface area contributed by atoms with Gasteiger partial charge in [0.2, 0.25) is 0 Å². The molecule has 16 heteroatoms. The van der Waals surface area contributed by atoms with Crippen LogP contribution in [0.3, 0.4) is 0 Å². The third-order valence-electron chi connectivity index (χ3n) is 20.0. The molecule has 91 heavy (non-hydrogen) atoms. The Morgan fingerprint density at radius 1 is 0.429 bits per heavy atom. The minimum Gasteiger partial charge on any atom is -0.493 e. The summed E-state index contributed by atoms with van der Waals surface area (Å²) in [4.78, 5) is 38.7. The van der Waals surface area contributed by atoms with Gasteiger partial charge in [-0.25, -0.2) is 14.4 Å². The van der Waals surface area contributed by atoms with E-state index in [4.69, 9.17) is 46.1 Å². The highest BCUT2D eigenvalue weighted by Crippen LogP contribution is 2.55. The summed E-state index contributed by atoms with van der Waals surface area (Å²) in [5.74, 6) is 3.77. The zero-order valence-electron chi connectivity index (χ0n) is 57.5. The zero-order valence-corrected chi connectivity index (χ0v) is 60.5. The summed E-state index contributed by atoms with van der Waals surface area (Å²) >= 11 is 0. The van der Waals surface area contributed by atoms with Crippen molar-refractivity contribution in [1.29, 1.82) is 0 Å². The number of hydrogen-bond donors (Lipinski definition) is 0. The van der Waals surface area contributed by atoms with Crippen LogP contribution in [0.25, 0.3) is 0 Å². The van der Waals surface area contributed by atoms with Crippen molar-refractivity contribution in [3.63, 3.8) is 0 Å². The van der Waals surface area contributed by atoms with Crippen molar-refractivity contribution >= 4 is 43.7 Å². The van der Waals surface area contributed by atoms with Crippen LogP contribution >= 0.6 is 0 Å². The second-order valence-electron chi connectivity index (χ2n) is 28.9. The fourth-order valence-electron chi connectivity index (χ4n) is 14.0. The highest BCUT2D eigenvalue weighted by molar-refractivity contribution is 6.87. The summed E-state index contributed by atoms with van der Waals surface area (Å²) in [6.07, 6.45) is 7.10. The SMILES string of the molecule is COC(=O)Oc1ccc(C2(c3ccc(OC(=O)Oc4ccc(CCC[Si](C)(C)O[Si](C)(C)O[Si](C)(C)CCCc5ccc(OC(=O)Oc6ccc(C7(c8ccccc8)CCC(C)(C)C(C)C7)cc6C)c(OC)c5)cc4OC)c(C)c3)CCC(C)(C)C(C)C2)cc1C. The van der Waals surface area contributed by atoms with Gasteiger partial charge in [-0.1, -0.05) is 120 Å². The molecule has 6 aromatic rings. The number of rotatable bonds is 23. The predicted octanol–water partition coefficient (Wildman–Crippen LogP) is 19.9. The van der Waals surface area contributed by atoms with E-state index in [0.717, 1.165) is 115 Å². The van der Waals surface area contributed by atoms with Crippen LogP contribution in [0, 0.1) is 43.4 Å². The van der Waals surface area contributed by atoms with Gasteiger partial charge in [-0.05, 0) is 252 Å². The average Bonchev–Trinajstić information content (AvgIpc) is 0.789. The van der Waals surface area contributed by atoms with Gasteiger partial charge in [-0.3, -0.25) is 0 Å². The maximum Gasteiger partial charge on any atom is 0.519 e. The number of methoxy groups -OCH3 is 3. The van der Waals surface area contributed by atoms with Gasteiger partial charge in [0.1, 0.15) is 17.2 Å². The number of carbonyl (C=O) groups excluding carboxylic acids is 3. The van der Waals surface area contributed by atoms with E-state index in [0.29, 0.717) is 46.3 Å². The number of hydrogen-bond acceptors (Lipinski definition) is 13. The van der Waals surface area contributed by atoms with Crippen LogP contribution < -0.4 is 33.2 Å². The third kappa shape index (κ3) is 17.3. The highest BCUT2D eigenvalue weighted by Gasteiger charge is 2.47. The highest BCUT2D eigenvalue weighted by atomic mass is 28.5. The van der Waals surface area contributed by atoms with Crippen LogP contribution in [0.4, 0.5) is 14.4 Å². The summed E-state index contributed by atoms with van der Waals surface area (Å²) in [6.45, 7) is 33.4. The molecular weight excluding hydrogens is 1190 g/mol. The van der Waals surface area contributed by atoms with Gasteiger partial charge in [-0.2, -0.15) is 0 Å². The molecule has 0 N–H and O–H groups in total. The lowest BCUT2D eigenvalue weighted by atomic mass is 9.55. The molecule has 2 aliphatic carbocycles. The Morgan fingerprint density at radius 3 is 1.13 bits per heavy atom. The number of aryl methyl sites for hydroxylation is 5. The van der Waals surface area contributed by atoms with E-state index in [-0.39, 0.29) is 27.4 Å². The van der Waals surface area contributed by atoms with Gasteiger partial charge in [0, 0.05) is 10.8 Å². The summed E-state index contributed by atoms with van der Waals surface area (Å²) in [5, 5.41) is 0.